The van der Waals surface area contributed by atoms with Gasteiger partial charge in [-0.3, -0.25) is 14.4 Å². The van der Waals surface area contributed by atoms with Crippen LogP contribution >= 0.6 is 0 Å². The SMILES string of the molecule is CCOc1ccc(N2CC=C[C@@]3(C)O[C@]45C=CCN(C(C)(C)CC(C)(C)C)C(=O)C4N([C@@H](CC)CO)C(=O)[C@@H]5[C@H]3C2=O)cc1. The molecular weight excluding hydrogens is 558 g/mol. The fourth-order valence-corrected chi connectivity index (χ4v) is 8.33. The van der Waals surface area contributed by atoms with Crippen LogP contribution in [-0.2, 0) is 19.1 Å². The molecule has 2 saturated heterocycles. The van der Waals surface area contributed by atoms with Gasteiger partial charge in [0.25, 0.3) is 0 Å². The molecule has 1 N–H and O–H groups in total. The second kappa shape index (κ2) is 11.3. The third kappa shape index (κ3) is 5.15. The van der Waals surface area contributed by atoms with Crippen LogP contribution in [0.25, 0.3) is 0 Å². The van der Waals surface area contributed by atoms with Crippen LogP contribution in [0.5, 0.6) is 5.75 Å². The topological polar surface area (TPSA) is 99.6 Å². The van der Waals surface area contributed by atoms with E-state index in [1.807, 2.05) is 74.2 Å². The number of amides is 3. The van der Waals surface area contributed by atoms with E-state index < -0.39 is 40.7 Å². The van der Waals surface area contributed by atoms with Crippen molar-refractivity contribution in [2.75, 3.05) is 31.2 Å². The average molecular weight is 608 g/mol. The van der Waals surface area contributed by atoms with Crippen molar-refractivity contribution in [2.45, 2.75) is 97.1 Å². The molecule has 9 nitrogen and oxygen atoms in total. The molecule has 5 rings (SSSR count). The van der Waals surface area contributed by atoms with Gasteiger partial charge in [0.05, 0.1) is 36.7 Å². The van der Waals surface area contributed by atoms with Gasteiger partial charge in [-0.05, 0) is 70.2 Å². The molecule has 0 aliphatic carbocycles. The summed E-state index contributed by atoms with van der Waals surface area (Å²) in [6.45, 7) is 17.2. The van der Waals surface area contributed by atoms with E-state index in [2.05, 4.69) is 34.6 Å². The number of hydrogen-bond acceptors (Lipinski definition) is 6. The summed E-state index contributed by atoms with van der Waals surface area (Å²) in [5.41, 5.74) is -2.37. The third-order valence-corrected chi connectivity index (χ3v) is 9.72. The van der Waals surface area contributed by atoms with Crippen LogP contribution in [0.15, 0.2) is 48.6 Å². The molecule has 2 fully saturated rings. The summed E-state index contributed by atoms with van der Waals surface area (Å²) < 4.78 is 12.6. The molecule has 9 heteroatoms. The molecule has 4 heterocycles. The highest BCUT2D eigenvalue weighted by Gasteiger charge is 2.75. The maximum atomic E-state index is 14.8. The molecule has 4 aliphatic heterocycles. The second-order valence-corrected chi connectivity index (χ2v) is 14.7. The number of carbonyl (C=O) groups excluding carboxylic acids is 3. The fraction of sp³-hybridized carbons (Fsp3) is 0.629. The van der Waals surface area contributed by atoms with E-state index in [-0.39, 0.29) is 29.7 Å². The molecule has 0 bridgehead atoms. The van der Waals surface area contributed by atoms with Gasteiger partial charge < -0.3 is 29.3 Å². The molecule has 240 valence electrons. The summed E-state index contributed by atoms with van der Waals surface area (Å²) in [6, 6.07) is 5.75. The van der Waals surface area contributed by atoms with Gasteiger partial charge in [0.2, 0.25) is 17.7 Å². The van der Waals surface area contributed by atoms with Crippen LogP contribution in [0.1, 0.15) is 68.2 Å². The van der Waals surface area contributed by atoms with Gasteiger partial charge in [-0.2, -0.15) is 0 Å². The minimum Gasteiger partial charge on any atom is -0.494 e. The van der Waals surface area contributed by atoms with Gasteiger partial charge in [0.15, 0.2) is 0 Å². The lowest BCUT2D eigenvalue weighted by Gasteiger charge is -2.45. The molecule has 1 spiro atoms. The zero-order chi connectivity index (χ0) is 32.2. The highest BCUT2D eigenvalue weighted by molar-refractivity contribution is 6.04. The van der Waals surface area contributed by atoms with E-state index in [9.17, 15) is 19.5 Å². The first-order valence-corrected chi connectivity index (χ1v) is 16.0. The number of carbonyl (C=O) groups is 3. The van der Waals surface area contributed by atoms with Crippen LogP contribution < -0.4 is 9.64 Å². The number of benzene rings is 1. The zero-order valence-corrected chi connectivity index (χ0v) is 27.5. The van der Waals surface area contributed by atoms with Gasteiger partial charge in [0, 0.05) is 24.3 Å². The highest BCUT2D eigenvalue weighted by atomic mass is 16.5. The number of aliphatic hydroxyl groups excluding tert-OH is 1. The Morgan fingerprint density at radius 3 is 2.20 bits per heavy atom. The van der Waals surface area contributed by atoms with Gasteiger partial charge >= 0.3 is 0 Å². The fourth-order valence-electron chi connectivity index (χ4n) is 8.33. The first kappa shape index (κ1) is 32.2. The number of likely N-dealkylation sites (tertiary alicyclic amines) is 1. The van der Waals surface area contributed by atoms with Crippen LogP contribution in [0.2, 0.25) is 0 Å². The summed E-state index contributed by atoms with van der Waals surface area (Å²) in [5.74, 6) is -1.88. The number of rotatable bonds is 8. The molecule has 1 aromatic carbocycles. The summed E-state index contributed by atoms with van der Waals surface area (Å²) in [7, 11) is 0. The quantitative estimate of drug-likeness (QED) is 0.442. The monoisotopic (exact) mass is 607 g/mol. The third-order valence-electron chi connectivity index (χ3n) is 9.72. The number of aliphatic hydroxyl groups is 1. The van der Waals surface area contributed by atoms with Crippen LogP contribution in [0.3, 0.4) is 0 Å². The summed E-state index contributed by atoms with van der Waals surface area (Å²) in [5, 5.41) is 10.4. The number of hydrogen-bond donors (Lipinski definition) is 1. The lowest BCUT2D eigenvalue weighted by molar-refractivity contribution is -0.158. The lowest BCUT2D eigenvalue weighted by atomic mass is 9.74. The van der Waals surface area contributed by atoms with Crippen molar-refractivity contribution in [1.29, 1.82) is 0 Å². The molecule has 44 heavy (non-hydrogen) atoms. The molecule has 0 radical (unpaired) electrons. The number of ether oxygens (including phenoxy) is 2. The van der Waals surface area contributed by atoms with Crippen LogP contribution in [-0.4, -0.2) is 87.8 Å². The van der Waals surface area contributed by atoms with Gasteiger partial charge in [-0.25, -0.2) is 0 Å². The Balaban J connectivity index is 1.61. The van der Waals surface area contributed by atoms with E-state index in [0.717, 1.165) is 6.42 Å². The molecule has 3 amide bonds. The predicted molar refractivity (Wildman–Crippen MR) is 169 cm³/mol. The average Bonchev–Trinajstić information content (AvgIpc) is 3.20. The van der Waals surface area contributed by atoms with Crippen LogP contribution in [0, 0.1) is 17.3 Å². The lowest BCUT2D eigenvalue weighted by Crippen LogP contribution is -2.62. The molecule has 4 aliphatic rings. The van der Waals surface area contributed by atoms with Crippen LogP contribution in [0.4, 0.5) is 5.69 Å². The Morgan fingerprint density at radius 1 is 0.955 bits per heavy atom. The Labute approximate surface area is 261 Å². The van der Waals surface area contributed by atoms with Crippen molar-refractivity contribution >= 4 is 23.4 Å². The standard InChI is InChI=1S/C35H49N3O6/c1-9-23(21-39)38-28-31(42)37(33(6,7)22-32(3,4)5)20-12-18-35(28)27(30(38)41)26-29(40)36(19-11-17-34(26,8)44-35)24-13-15-25(16-14-24)43-10-2/h11-18,23,26-28,39H,9-10,19-22H2,1-8H3/t23-,26-,27-,28?,34+,35-/m0/s1. The number of fused-ring (bicyclic) bond motifs is 2. The van der Waals surface area contributed by atoms with E-state index in [1.165, 1.54) is 0 Å². The molecule has 0 aromatic heterocycles. The first-order chi connectivity index (χ1) is 20.6. The van der Waals surface area contributed by atoms with Crippen molar-refractivity contribution in [2.24, 2.45) is 17.3 Å². The minimum atomic E-state index is -1.37. The maximum Gasteiger partial charge on any atom is 0.249 e. The van der Waals surface area contributed by atoms with E-state index in [0.29, 0.717) is 37.6 Å². The Kier molecular flexibility index (Phi) is 8.29. The van der Waals surface area contributed by atoms with Gasteiger partial charge in [0.1, 0.15) is 17.4 Å². The molecule has 0 saturated carbocycles. The van der Waals surface area contributed by atoms with Crippen molar-refractivity contribution in [3.8, 4) is 5.75 Å². The van der Waals surface area contributed by atoms with Crippen molar-refractivity contribution in [1.82, 2.24) is 9.80 Å². The summed E-state index contributed by atoms with van der Waals surface area (Å²) >= 11 is 0. The van der Waals surface area contributed by atoms with Crippen molar-refractivity contribution < 1.29 is 29.0 Å². The minimum absolute atomic E-state index is 0.0473. The normalized spacial score (nSPS) is 31.1. The van der Waals surface area contributed by atoms with Gasteiger partial charge in [-0.1, -0.05) is 52.0 Å². The predicted octanol–water partition coefficient (Wildman–Crippen LogP) is 4.34. The summed E-state index contributed by atoms with van der Waals surface area (Å²) in [4.78, 5) is 49.2. The Morgan fingerprint density at radius 2 is 1.61 bits per heavy atom. The van der Waals surface area contributed by atoms with E-state index in [4.69, 9.17) is 9.47 Å². The highest BCUT2D eigenvalue weighted by Crippen LogP contribution is 2.58. The first-order valence-electron chi connectivity index (χ1n) is 16.0. The van der Waals surface area contributed by atoms with E-state index >= 15 is 0 Å². The number of nitrogens with zero attached hydrogens (tertiary/aromatic N) is 3. The van der Waals surface area contributed by atoms with E-state index in [1.54, 1.807) is 9.80 Å². The molecule has 1 unspecified atom stereocenters. The largest absolute Gasteiger partial charge is 0.494 e. The Hall–Kier alpha value is -3.17. The smallest absolute Gasteiger partial charge is 0.249 e. The maximum absolute atomic E-state index is 14.8. The zero-order valence-electron chi connectivity index (χ0n) is 27.5. The van der Waals surface area contributed by atoms with Gasteiger partial charge in [-0.15, -0.1) is 0 Å². The molecular formula is C35H49N3O6. The number of anilines is 1. The van der Waals surface area contributed by atoms with Crippen molar-refractivity contribution in [3.63, 3.8) is 0 Å². The Bertz CT molecular complexity index is 1340. The molecule has 1 aromatic rings. The van der Waals surface area contributed by atoms with Crippen molar-refractivity contribution in [3.05, 3.63) is 48.6 Å². The summed E-state index contributed by atoms with van der Waals surface area (Å²) in [6.07, 6.45) is 8.80. The second-order valence-electron chi connectivity index (χ2n) is 14.7. The molecule has 6 atom stereocenters.